The Kier molecular flexibility index (Phi) is 4.78. The molecule has 148 valence electrons. The smallest absolute Gasteiger partial charge is 0.325 e. The highest BCUT2D eigenvalue weighted by Gasteiger charge is 2.55. The van der Waals surface area contributed by atoms with E-state index in [1.54, 1.807) is 4.90 Å². The summed E-state index contributed by atoms with van der Waals surface area (Å²) in [5, 5.41) is 5.55. The van der Waals surface area contributed by atoms with E-state index in [0.29, 0.717) is 32.4 Å². The molecule has 0 bridgehead atoms. The van der Waals surface area contributed by atoms with E-state index in [1.807, 2.05) is 24.3 Å². The number of imide groups is 1. The van der Waals surface area contributed by atoms with Gasteiger partial charge in [0.1, 0.15) is 12.1 Å². The Morgan fingerprint density at radius 2 is 2.00 bits per heavy atom. The quantitative estimate of drug-likeness (QED) is 0.551. The normalized spacial score (nSPS) is 23.5. The number of likely N-dealkylation sites (tertiary alicyclic amines) is 1. The number of nitrogens with one attached hydrogen (secondary N) is 2. The lowest BCUT2D eigenvalue weighted by molar-refractivity contribution is -0.135. The summed E-state index contributed by atoms with van der Waals surface area (Å²) in [6, 6.07) is 7.07. The highest BCUT2D eigenvalue weighted by atomic mass is 16.2. The van der Waals surface area contributed by atoms with Crippen LogP contribution < -0.4 is 10.6 Å². The van der Waals surface area contributed by atoms with E-state index < -0.39 is 11.6 Å². The third-order valence-corrected chi connectivity index (χ3v) is 5.82. The van der Waals surface area contributed by atoms with Gasteiger partial charge in [0.05, 0.1) is 0 Å². The molecule has 1 atom stereocenters. The SMILES string of the molecule is O=C(CN1C(=O)NC2(CCc3ccccc32)C1=O)NCCCN1CCCC1=O. The number of carbonyl (C=O) groups is 4. The summed E-state index contributed by atoms with van der Waals surface area (Å²) in [6.07, 6.45) is 3.37. The number of hydrogen-bond donors (Lipinski definition) is 2. The van der Waals surface area contributed by atoms with Crippen LogP contribution in [0.5, 0.6) is 0 Å². The van der Waals surface area contributed by atoms with Crippen molar-refractivity contribution in [3.63, 3.8) is 0 Å². The second kappa shape index (κ2) is 7.26. The van der Waals surface area contributed by atoms with Crippen LogP contribution in [-0.4, -0.2) is 59.7 Å². The molecule has 0 saturated carbocycles. The van der Waals surface area contributed by atoms with Crippen molar-refractivity contribution in [2.75, 3.05) is 26.2 Å². The maximum Gasteiger partial charge on any atom is 0.325 e. The zero-order valence-corrected chi connectivity index (χ0v) is 15.7. The van der Waals surface area contributed by atoms with Crippen molar-refractivity contribution in [2.24, 2.45) is 0 Å². The van der Waals surface area contributed by atoms with Gasteiger partial charge in [-0.2, -0.15) is 0 Å². The average molecular weight is 384 g/mol. The lowest BCUT2D eigenvalue weighted by Gasteiger charge is -2.22. The van der Waals surface area contributed by atoms with Crippen LogP contribution in [-0.2, 0) is 26.3 Å². The molecule has 28 heavy (non-hydrogen) atoms. The predicted molar refractivity (Wildman–Crippen MR) is 100 cm³/mol. The van der Waals surface area contributed by atoms with Gasteiger partial charge in [-0.15, -0.1) is 0 Å². The number of urea groups is 1. The largest absolute Gasteiger partial charge is 0.354 e. The topological polar surface area (TPSA) is 98.8 Å². The van der Waals surface area contributed by atoms with Crippen molar-refractivity contribution in [2.45, 2.75) is 37.6 Å². The molecule has 8 nitrogen and oxygen atoms in total. The molecule has 0 radical (unpaired) electrons. The number of benzene rings is 1. The number of rotatable bonds is 6. The zero-order valence-electron chi connectivity index (χ0n) is 15.7. The first-order valence-corrected chi connectivity index (χ1v) is 9.78. The van der Waals surface area contributed by atoms with Gasteiger partial charge in [0.2, 0.25) is 11.8 Å². The molecule has 1 aliphatic carbocycles. The lowest BCUT2D eigenvalue weighted by Crippen LogP contribution is -2.44. The summed E-state index contributed by atoms with van der Waals surface area (Å²) in [4.78, 5) is 52.0. The molecular formula is C20H24N4O4. The molecule has 5 amide bonds. The van der Waals surface area contributed by atoms with Crippen LogP contribution in [0.2, 0.25) is 0 Å². The van der Waals surface area contributed by atoms with Gasteiger partial charge < -0.3 is 15.5 Å². The van der Waals surface area contributed by atoms with Gasteiger partial charge >= 0.3 is 6.03 Å². The standard InChI is InChI=1S/C20H24N4O4/c25-16(21-10-4-12-23-11-3-7-17(23)26)13-24-18(27)20(22-19(24)28)9-8-14-5-1-2-6-15(14)20/h1-2,5-6H,3-4,7-13H2,(H,21,25)(H,22,28). The Hall–Kier alpha value is -2.90. The number of carbonyl (C=O) groups excluding carboxylic acids is 4. The molecule has 2 saturated heterocycles. The van der Waals surface area contributed by atoms with Gasteiger partial charge in [-0.25, -0.2) is 4.79 Å². The minimum absolute atomic E-state index is 0.160. The van der Waals surface area contributed by atoms with Crippen molar-refractivity contribution in [1.82, 2.24) is 20.4 Å². The summed E-state index contributed by atoms with van der Waals surface area (Å²) in [5.74, 6) is -0.576. The number of nitrogens with zero attached hydrogens (tertiary/aromatic N) is 2. The lowest BCUT2D eigenvalue weighted by atomic mass is 9.92. The Balaban J connectivity index is 1.31. The molecule has 1 aromatic rings. The fourth-order valence-corrected chi connectivity index (χ4v) is 4.37. The summed E-state index contributed by atoms with van der Waals surface area (Å²) in [7, 11) is 0. The summed E-state index contributed by atoms with van der Waals surface area (Å²) >= 11 is 0. The summed E-state index contributed by atoms with van der Waals surface area (Å²) in [5.41, 5.74) is 0.842. The third kappa shape index (κ3) is 3.12. The molecule has 4 rings (SSSR count). The molecule has 1 aromatic carbocycles. The summed E-state index contributed by atoms with van der Waals surface area (Å²) in [6.45, 7) is 1.50. The number of fused-ring (bicyclic) bond motifs is 2. The third-order valence-electron chi connectivity index (χ3n) is 5.82. The maximum atomic E-state index is 13.0. The Labute approximate surface area is 163 Å². The average Bonchev–Trinajstić information content (AvgIpc) is 3.33. The molecular weight excluding hydrogens is 360 g/mol. The molecule has 1 unspecified atom stereocenters. The van der Waals surface area contributed by atoms with Crippen molar-refractivity contribution in [3.05, 3.63) is 35.4 Å². The Bertz CT molecular complexity index is 839. The monoisotopic (exact) mass is 384 g/mol. The van der Waals surface area contributed by atoms with Gasteiger partial charge in [0.25, 0.3) is 5.91 Å². The summed E-state index contributed by atoms with van der Waals surface area (Å²) < 4.78 is 0. The first-order valence-electron chi connectivity index (χ1n) is 9.78. The van der Waals surface area contributed by atoms with Crippen molar-refractivity contribution < 1.29 is 19.2 Å². The van der Waals surface area contributed by atoms with Crippen molar-refractivity contribution in [3.8, 4) is 0 Å². The molecule has 3 aliphatic rings. The minimum atomic E-state index is -1.04. The van der Waals surface area contributed by atoms with E-state index in [9.17, 15) is 19.2 Å². The first-order chi connectivity index (χ1) is 13.5. The van der Waals surface area contributed by atoms with E-state index in [1.165, 1.54) is 0 Å². The van der Waals surface area contributed by atoms with Gasteiger partial charge in [0, 0.05) is 26.1 Å². The molecule has 8 heteroatoms. The molecule has 2 heterocycles. The van der Waals surface area contributed by atoms with Crippen LogP contribution >= 0.6 is 0 Å². The number of hydrogen-bond acceptors (Lipinski definition) is 4. The molecule has 2 aliphatic heterocycles. The van der Waals surface area contributed by atoms with E-state index in [0.717, 1.165) is 35.4 Å². The minimum Gasteiger partial charge on any atom is -0.354 e. The second-order valence-electron chi connectivity index (χ2n) is 7.57. The van der Waals surface area contributed by atoms with Gasteiger partial charge in [-0.3, -0.25) is 19.3 Å². The van der Waals surface area contributed by atoms with Gasteiger partial charge in [-0.1, -0.05) is 24.3 Å². The van der Waals surface area contributed by atoms with Crippen LogP contribution in [0.15, 0.2) is 24.3 Å². The van der Waals surface area contributed by atoms with Gasteiger partial charge in [-0.05, 0) is 36.8 Å². The molecule has 1 spiro atoms. The van der Waals surface area contributed by atoms with E-state index in [-0.39, 0.29) is 24.3 Å². The van der Waals surface area contributed by atoms with E-state index >= 15 is 0 Å². The van der Waals surface area contributed by atoms with Gasteiger partial charge in [0.15, 0.2) is 0 Å². The molecule has 2 N–H and O–H groups in total. The van der Waals surface area contributed by atoms with Crippen LogP contribution in [0, 0.1) is 0 Å². The van der Waals surface area contributed by atoms with Crippen LogP contribution in [0.4, 0.5) is 4.79 Å². The highest BCUT2D eigenvalue weighted by molar-refractivity contribution is 6.09. The van der Waals surface area contributed by atoms with Crippen molar-refractivity contribution in [1.29, 1.82) is 0 Å². The zero-order chi connectivity index (χ0) is 19.7. The number of aryl methyl sites for hydroxylation is 1. The number of amides is 5. The second-order valence-corrected chi connectivity index (χ2v) is 7.57. The van der Waals surface area contributed by atoms with Crippen molar-refractivity contribution >= 4 is 23.8 Å². The highest BCUT2D eigenvalue weighted by Crippen LogP contribution is 2.41. The maximum absolute atomic E-state index is 13.0. The van der Waals surface area contributed by atoms with E-state index in [4.69, 9.17) is 0 Å². The van der Waals surface area contributed by atoms with Crippen LogP contribution in [0.3, 0.4) is 0 Å². The van der Waals surface area contributed by atoms with Crippen LogP contribution in [0.25, 0.3) is 0 Å². The van der Waals surface area contributed by atoms with Crippen LogP contribution in [0.1, 0.15) is 36.8 Å². The molecule has 0 aromatic heterocycles. The first kappa shape index (κ1) is 18.5. The molecule has 2 fully saturated rings. The predicted octanol–water partition coefficient (Wildman–Crippen LogP) is 0.509. The fraction of sp³-hybridized carbons (Fsp3) is 0.500. The Morgan fingerprint density at radius 3 is 2.79 bits per heavy atom. The fourth-order valence-electron chi connectivity index (χ4n) is 4.37. The van der Waals surface area contributed by atoms with E-state index in [2.05, 4.69) is 10.6 Å². The Morgan fingerprint density at radius 1 is 1.18 bits per heavy atom.